The van der Waals surface area contributed by atoms with Crippen LogP contribution >= 0.6 is 11.3 Å². The minimum Gasteiger partial charge on any atom is -0.490 e. The summed E-state index contributed by atoms with van der Waals surface area (Å²) in [7, 11) is -2.04. The second-order valence-corrected chi connectivity index (χ2v) is 18.2. The quantitative estimate of drug-likeness (QED) is 0.275. The van der Waals surface area contributed by atoms with Gasteiger partial charge in [0.1, 0.15) is 28.1 Å². The number of nitrogens with one attached hydrogen (secondary N) is 2. The number of allylic oxidation sites excluding steroid dienone is 1. The first-order valence-corrected chi connectivity index (χ1v) is 21.1. The highest BCUT2D eigenvalue weighted by molar-refractivity contribution is 7.91. The van der Waals surface area contributed by atoms with Gasteiger partial charge in [-0.15, -0.1) is 11.3 Å². The molecule has 3 amide bonds. The molecule has 3 saturated carbocycles. The molecule has 2 N–H and O–H groups in total. The number of sulfonamides is 1. The molecular weight excluding hydrogens is 699 g/mol. The molecule has 1 unspecified atom stereocenters. The molecule has 11 nitrogen and oxygen atoms in total. The highest BCUT2D eigenvalue weighted by Crippen LogP contribution is 2.47. The van der Waals surface area contributed by atoms with Crippen molar-refractivity contribution in [3.05, 3.63) is 52.6 Å². The molecule has 3 aromatic rings. The zero-order chi connectivity index (χ0) is 36.9. The standard InChI is InChI=1S/C39H49N5O6S2/c1-6-24-12-15-28-33(19-31(40-34(28)23(24)4)36-41-32(21-51-36)22(2)3)50-26-17-29-30(18-26)37(46)44(5)16-10-8-7-9-11-25-20-39(25,42-35(29)45)38(47)43-52(48,49)27-13-14-27/h9,11-12,15,19,21-22,25-27,29-30H,6-8,10,13-14,16-18,20H2,1-5H3,(H,42,45)(H,43,47)/b11-9-/t25-,26-,29?,30-,39-/m1/s1. The summed E-state index contributed by atoms with van der Waals surface area (Å²) in [6.07, 6.45) is 8.62. The number of carbonyl (C=O) groups is 3. The van der Waals surface area contributed by atoms with Gasteiger partial charge in [0.15, 0.2) is 0 Å². The Morgan fingerprint density at radius 2 is 1.92 bits per heavy atom. The molecule has 2 aromatic heterocycles. The lowest BCUT2D eigenvalue weighted by molar-refractivity contribution is -0.140. The Morgan fingerprint density at radius 1 is 1.15 bits per heavy atom. The summed E-state index contributed by atoms with van der Waals surface area (Å²) in [6, 6.07) is 6.05. The summed E-state index contributed by atoms with van der Waals surface area (Å²) in [6.45, 7) is 8.98. The largest absolute Gasteiger partial charge is 0.490 e. The Bertz CT molecular complexity index is 2040. The molecule has 0 saturated heterocycles. The zero-order valence-electron chi connectivity index (χ0n) is 30.6. The Labute approximate surface area is 310 Å². The fourth-order valence-electron chi connectivity index (χ4n) is 7.77. The number of aryl methyl sites for hydroxylation is 2. The van der Waals surface area contributed by atoms with Gasteiger partial charge in [0.2, 0.25) is 21.8 Å². The van der Waals surface area contributed by atoms with Gasteiger partial charge in [0.05, 0.1) is 28.3 Å². The van der Waals surface area contributed by atoms with Gasteiger partial charge in [-0.2, -0.15) is 0 Å². The Hall–Kier alpha value is -3.84. The second-order valence-electron chi connectivity index (χ2n) is 15.4. The average molecular weight is 748 g/mol. The number of nitrogens with zero attached hydrogens (tertiary/aromatic N) is 3. The second kappa shape index (κ2) is 14.2. The maximum atomic E-state index is 14.3. The van der Waals surface area contributed by atoms with Gasteiger partial charge in [0.25, 0.3) is 5.91 Å². The number of amides is 3. The summed E-state index contributed by atoms with van der Waals surface area (Å²) in [5.74, 6) is -2.15. The number of hydrogen-bond donors (Lipinski definition) is 2. The maximum Gasteiger partial charge on any atom is 0.259 e. The van der Waals surface area contributed by atoms with E-state index >= 15 is 0 Å². The predicted octanol–water partition coefficient (Wildman–Crippen LogP) is 5.81. The Kier molecular flexibility index (Phi) is 9.96. The van der Waals surface area contributed by atoms with Gasteiger partial charge in [-0.3, -0.25) is 19.1 Å². The third kappa shape index (κ3) is 7.10. The molecule has 3 fully saturated rings. The van der Waals surface area contributed by atoms with E-state index in [1.54, 1.807) is 23.3 Å². The van der Waals surface area contributed by atoms with Crippen LogP contribution in [-0.4, -0.2) is 71.5 Å². The molecule has 5 atom stereocenters. The molecule has 0 radical (unpaired) electrons. The Balaban J connectivity index is 1.21. The van der Waals surface area contributed by atoms with E-state index in [2.05, 4.69) is 49.2 Å². The number of thiazole rings is 1. The fraction of sp³-hybridized carbons (Fsp3) is 0.564. The van der Waals surface area contributed by atoms with E-state index in [1.807, 2.05) is 24.3 Å². The average Bonchev–Trinajstić information content (AvgIpc) is 3.98. The highest BCUT2D eigenvalue weighted by atomic mass is 32.2. The third-order valence-corrected chi connectivity index (χ3v) is 14.0. The smallest absolute Gasteiger partial charge is 0.259 e. The van der Waals surface area contributed by atoms with Gasteiger partial charge >= 0.3 is 0 Å². The molecule has 1 aliphatic heterocycles. The summed E-state index contributed by atoms with van der Waals surface area (Å²) in [5, 5.41) is 6.11. The number of carbonyl (C=O) groups excluding carboxylic acids is 3. The van der Waals surface area contributed by atoms with Crippen molar-refractivity contribution in [3.8, 4) is 16.5 Å². The van der Waals surface area contributed by atoms with Crippen LogP contribution < -0.4 is 14.8 Å². The van der Waals surface area contributed by atoms with Crippen LogP contribution in [0.5, 0.6) is 5.75 Å². The lowest BCUT2D eigenvalue weighted by Gasteiger charge is -2.26. The molecule has 52 heavy (non-hydrogen) atoms. The molecule has 278 valence electrons. The summed E-state index contributed by atoms with van der Waals surface area (Å²) >= 11 is 1.55. The van der Waals surface area contributed by atoms with Crippen molar-refractivity contribution >= 4 is 50.0 Å². The van der Waals surface area contributed by atoms with E-state index in [0.29, 0.717) is 43.7 Å². The van der Waals surface area contributed by atoms with E-state index in [-0.39, 0.29) is 24.2 Å². The van der Waals surface area contributed by atoms with Crippen molar-refractivity contribution in [1.82, 2.24) is 24.9 Å². The van der Waals surface area contributed by atoms with Crippen molar-refractivity contribution in [3.63, 3.8) is 0 Å². The van der Waals surface area contributed by atoms with Crippen LogP contribution in [0.1, 0.15) is 94.9 Å². The number of ether oxygens (including phenoxy) is 1. The fourth-order valence-corrected chi connectivity index (χ4v) is 10.1. The van der Waals surface area contributed by atoms with E-state index < -0.39 is 50.6 Å². The highest BCUT2D eigenvalue weighted by Gasteiger charge is 2.62. The molecule has 0 spiro atoms. The lowest BCUT2D eigenvalue weighted by atomic mass is 9.93. The minimum atomic E-state index is -3.82. The van der Waals surface area contributed by atoms with Crippen molar-refractivity contribution in [2.75, 3.05) is 13.6 Å². The van der Waals surface area contributed by atoms with Crippen LogP contribution in [0.2, 0.25) is 0 Å². The normalized spacial score (nSPS) is 27.5. The predicted molar refractivity (Wildman–Crippen MR) is 201 cm³/mol. The molecule has 3 heterocycles. The maximum absolute atomic E-state index is 14.3. The van der Waals surface area contributed by atoms with Crippen LogP contribution in [0.3, 0.4) is 0 Å². The van der Waals surface area contributed by atoms with E-state index in [0.717, 1.165) is 52.9 Å². The number of aromatic nitrogens is 2. The number of hydrogen-bond acceptors (Lipinski definition) is 9. The zero-order valence-corrected chi connectivity index (χ0v) is 32.2. The van der Waals surface area contributed by atoms with Crippen LogP contribution in [0.15, 0.2) is 35.7 Å². The van der Waals surface area contributed by atoms with E-state index in [9.17, 15) is 22.8 Å². The summed E-state index contributed by atoms with van der Waals surface area (Å²) < 4.78 is 34.7. The van der Waals surface area contributed by atoms with Gasteiger partial charge < -0.3 is 15.0 Å². The molecule has 7 rings (SSSR count). The number of pyridine rings is 1. The SMILES string of the molecule is CCc1ccc2c(O[C@@H]3CC4C(=O)N[C@]5(C(=O)NS(=O)(=O)C6CC6)C[C@H]5/C=C\CCCCN(C)C(=O)[C@@H]4C3)cc(-c3nc(C(C)C)cs3)nc2c1C. The monoisotopic (exact) mass is 747 g/mol. The molecule has 1 aromatic carbocycles. The van der Waals surface area contributed by atoms with Crippen LogP contribution in [0, 0.1) is 24.7 Å². The summed E-state index contributed by atoms with van der Waals surface area (Å²) in [4.78, 5) is 53.6. The van der Waals surface area contributed by atoms with Crippen molar-refractivity contribution in [2.45, 2.75) is 108 Å². The third-order valence-electron chi connectivity index (χ3n) is 11.3. The van der Waals surface area contributed by atoms with Crippen LogP contribution in [0.4, 0.5) is 0 Å². The topological polar surface area (TPSA) is 148 Å². The Morgan fingerprint density at radius 3 is 2.63 bits per heavy atom. The molecule has 0 bridgehead atoms. The number of fused-ring (bicyclic) bond motifs is 3. The first-order chi connectivity index (χ1) is 24.8. The molecule has 4 aliphatic rings. The molecule has 13 heteroatoms. The molecular formula is C39H49N5O6S2. The van der Waals surface area contributed by atoms with Gasteiger partial charge in [0, 0.05) is 36.3 Å². The summed E-state index contributed by atoms with van der Waals surface area (Å²) in [5.41, 5.74) is 3.42. The van der Waals surface area contributed by atoms with E-state index in [4.69, 9.17) is 14.7 Å². The molecule has 3 aliphatic carbocycles. The van der Waals surface area contributed by atoms with Gasteiger partial charge in [-0.1, -0.05) is 39.0 Å². The van der Waals surface area contributed by atoms with Crippen LogP contribution in [0.25, 0.3) is 21.6 Å². The minimum absolute atomic E-state index is 0.131. The van der Waals surface area contributed by atoms with Gasteiger partial charge in [-0.05, 0) is 87.8 Å². The van der Waals surface area contributed by atoms with Crippen molar-refractivity contribution in [2.24, 2.45) is 17.8 Å². The first-order valence-electron chi connectivity index (χ1n) is 18.7. The van der Waals surface area contributed by atoms with Crippen molar-refractivity contribution in [1.29, 1.82) is 0 Å². The van der Waals surface area contributed by atoms with E-state index in [1.165, 1.54) is 5.56 Å². The van der Waals surface area contributed by atoms with Crippen LogP contribution in [-0.2, 0) is 30.8 Å². The lowest BCUT2D eigenvalue weighted by Crippen LogP contribution is -2.54. The van der Waals surface area contributed by atoms with Crippen molar-refractivity contribution < 1.29 is 27.5 Å². The van der Waals surface area contributed by atoms with Gasteiger partial charge in [-0.25, -0.2) is 18.4 Å². The number of rotatable bonds is 8. The first kappa shape index (κ1) is 36.5. The number of benzene rings is 1.